The Morgan fingerprint density at radius 1 is 1.03 bits per heavy atom. The van der Waals surface area contributed by atoms with Crippen molar-refractivity contribution in [2.75, 3.05) is 31.3 Å². The Hall–Kier alpha value is -3.27. The zero-order chi connectivity index (χ0) is 27.8. The summed E-state index contributed by atoms with van der Waals surface area (Å²) in [5.74, 6) is -0.107. The third-order valence-electron chi connectivity index (χ3n) is 6.16. The molecule has 37 heavy (non-hydrogen) atoms. The minimum Gasteiger partial charge on any atom is -0.497 e. The lowest BCUT2D eigenvalue weighted by Crippen LogP contribution is -2.53. The van der Waals surface area contributed by atoms with E-state index >= 15 is 0 Å². The molecule has 0 heterocycles. The van der Waals surface area contributed by atoms with Gasteiger partial charge in [-0.25, -0.2) is 8.42 Å². The van der Waals surface area contributed by atoms with Gasteiger partial charge in [0.1, 0.15) is 24.1 Å². The second-order valence-electron chi connectivity index (χ2n) is 9.06. The summed E-state index contributed by atoms with van der Waals surface area (Å²) < 4.78 is 37.4. The molecule has 9 nitrogen and oxygen atoms in total. The van der Waals surface area contributed by atoms with E-state index in [0.29, 0.717) is 12.2 Å². The van der Waals surface area contributed by atoms with Crippen LogP contribution in [0, 0.1) is 6.92 Å². The maximum absolute atomic E-state index is 13.8. The fourth-order valence-corrected chi connectivity index (χ4v) is 4.80. The number of aryl methyl sites for hydroxylation is 1. The van der Waals surface area contributed by atoms with Gasteiger partial charge >= 0.3 is 0 Å². The molecule has 2 amide bonds. The first-order valence-corrected chi connectivity index (χ1v) is 14.1. The largest absolute Gasteiger partial charge is 0.497 e. The van der Waals surface area contributed by atoms with E-state index in [4.69, 9.17) is 9.47 Å². The average Bonchev–Trinajstić information content (AvgIpc) is 2.85. The van der Waals surface area contributed by atoms with Crippen LogP contribution in [-0.4, -0.2) is 64.2 Å². The molecule has 204 valence electrons. The van der Waals surface area contributed by atoms with E-state index in [1.54, 1.807) is 12.1 Å². The summed E-state index contributed by atoms with van der Waals surface area (Å²) in [5, 5.41) is 2.96. The van der Waals surface area contributed by atoms with Gasteiger partial charge in [-0.05, 0) is 44.4 Å². The quantitative estimate of drug-likeness (QED) is 0.423. The predicted molar refractivity (Wildman–Crippen MR) is 145 cm³/mol. The van der Waals surface area contributed by atoms with E-state index in [-0.39, 0.29) is 29.9 Å². The number of carbonyl (C=O) groups excluding carboxylic acids is 2. The van der Waals surface area contributed by atoms with Crippen LogP contribution in [0.25, 0.3) is 0 Å². The minimum absolute atomic E-state index is 0.0639. The SMILES string of the molecule is CC[C@@H](C)NC(=O)[C@H](CC)N(Cc1cccc(C)c1)C(=O)CN(c1cc(OC)ccc1OC)S(C)(=O)=O. The van der Waals surface area contributed by atoms with E-state index in [0.717, 1.165) is 28.1 Å². The first-order valence-electron chi connectivity index (χ1n) is 12.3. The van der Waals surface area contributed by atoms with Crippen molar-refractivity contribution >= 4 is 27.5 Å². The predicted octanol–water partition coefficient (Wildman–Crippen LogP) is 3.50. The van der Waals surface area contributed by atoms with Crippen LogP contribution in [-0.2, 0) is 26.2 Å². The molecule has 0 radical (unpaired) electrons. The molecule has 10 heteroatoms. The van der Waals surface area contributed by atoms with Crippen LogP contribution in [0.2, 0.25) is 0 Å². The van der Waals surface area contributed by atoms with E-state index in [1.807, 2.05) is 52.0 Å². The van der Waals surface area contributed by atoms with E-state index in [2.05, 4.69) is 5.32 Å². The maximum Gasteiger partial charge on any atom is 0.244 e. The van der Waals surface area contributed by atoms with E-state index < -0.39 is 28.5 Å². The summed E-state index contributed by atoms with van der Waals surface area (Å²) >= 11 is 0. The number of benzene rings is 2. The van der Waals surface area contributed by atoms with Gasteiger partial charge in [0.15, 0.2) is 0 Å². The number of ether oxygens (including phenoxy) is 2. The molecule has 0 spiro atoms. The average molecular weight is 534 g/mol. The molecule has 0 aromatic heterocycles. The molecular formula is C27H39N3O6S. The third-order valence-corrected chi connectivity index (χ3v) is 7.28. The Morgan fingerprint density at radius 3 is 2.27 bits per heavy atom. The monoisotopic (exact) mass is 533 g/mol. The number of carbonyl (C=O) groups is 2. The molecule has 0 aliphatic heterocycles. The molecule has 0 saturated heterocycles. The van der Waals surface area contributed by atoms with Crippen LogP contribution in [0.1, 0.15) is 44.7 Å². The zero-order valence-corrected chi connectivity index (χ0v) is 23.6. The summed E-state index contributed by atoms with van der Waals surface area (Å²) in [4.78, 5) is 28.5. The van der Waals surface area contributed by atoms with Gasteiger partial charge in [0.25, 0.3) is 0 Å². The molecule has 2 aromatic rings. The van der Waals surface area contributed by atoms with Crippen molar-refractivity contribution in [3.8, 4) is 11.5 Å². The summed E-state index contributed by atoms with van der Waals surface area (Å²) in [6.45, 7) is 7.28. The van der Waals surface area contributed by atoms with E-state index in [9.17, 15) is 18.0 Å². The first kappa shape index (κ1) is 30.0. The minimum atomic E-state index is -3.91. The third kappa shape index (κ3) is 8.11. The molecule has 0 aliphatic rings. The van der Waals surface area contributed by atoms with Crippen molar-refractivity contribution in [3.05, 3.63) is 53.6 Å². The molecule has 1 N–H and O–H groups in total. The van der Waals surface area contributed by atoms with E-state index in [1.165, 1.54) is 25.2 Å². The highest BCUT2D eigenvalue weighted by Crippen LogP contribution is 2.34. The molecule has 0 unspecified atom stereocenters. The van der Waals surface area contributed by atoms with Crippen LogP contribution < -0.4 is 19.1 Å². The van der Waals surface area contributed by atoms with Gasteiger partial charge in [-0.15, -0.1) is 0 Å². The molecule has 2 aromatic carbocycles. The van der Waals surface area contributed by atoms with Crippen LogP contribution in [0.5, 0.6) is 11.5 Å². The van der Waals surface area contributed by atoms with Crippen molar-refractivity contribution < 1.29 is 27.5 Å². The zero-order valence-electron chi connectivity index (χ0n) is 22.8. The number of hydrogen-bond donors (Lipinski definition) is 1. The normalized spacial score (nSPS) is 12.8. The lowest BCUT2D eigenvalue weighted by atomic mass is 10.1. The highest BCUT2D eigenvalue weighted by molar-refractivity contribution is 7.92. The fraction of sp³-hybridized carbons (Fsp3) is 0.481. The summed E-state index contributed by atoms with van der Waals surface area (Å²) in [6.07, 6.45) is 2.13. The standard InChI is InChI=1S/C27H39N3O6S/c1-8-20(4)28-27(32)23(9-2)29(17-21-12-10-11-19(3)15-21)26(31)18-30(37(7,33)34)24-16-22(35-5)13-14-25(24)36-6/h10-16,20,23H,8-9,17-18H2,1-7H3,(H,28,32)/t20-,23+/m1/s1. The highest BCUT2D eigenvalue weighted by atomic mass is 32.2. The molecule has 0 saturated carbocycles. The Labute approximate surface area is 220 Å². The van der Waals surface area contributed by atoms with Gasteiger partial charge in [0.05, 0.1) is 26.2 Å². The molecule has 0 bridgehead atoms. The van der Waals surface area contributed by atoms with Crippen molar-refractivity contribution in [1.82, 2.24) is 10.2 Å². The molecule has 2 rings (SSSR count). The van der Waals surface area contributed by atoms with Crippen LogP contribution in [0.3, 0.4) is 0 Å². The number of nitrogens with zero attached hydrogens (tertiary/aromatic N) is 2. The van der Waals surface area contributed by atoms with Crippen molar-refractivity contribution in [3.63, 3.8) is 0 Å². The molecule has 2 atom stereocenters. The Bertz CT molecular complexity index is 1180. The second kappa shape index (κ2) is 13.3. The Morgan fingerprint density at radius 2 is 1.73 bits per heavy atom. The van der Waals surface area contributed by atoms with Gasteiger partial charge in [-0.3, -0.25) is 13.9 Å². The topological polar surface area (TPSA) is 105 Å². The van der Waals surface area contributed by atoms with Gasteiger partial charge in [-0.2, -0.15) is 0 Å². The number of methoxy groups -OCH3 is 2. The fourth-order valence-electron chi connectivity index (χ4n) is 3.95. The maximum atomic E-state index is 13.8. The van der Waals surface area contributed by atoms with Crippen molar-refractivity contribution in [2.24, 2.45) is 0 Å². The Kier molecular flexibility index (Phi) is 10.8. The van der Waals surface area contributed by atoms with Crippen LogP contribution >= 0.6 is 0 Å². The van der Waals surface area contributed by atoms with Crippen molar-refractivity contribution in [2.45, 2.75) is 59.2 Å². The van der Waals surface area contributed by atoms with Crippen molar-refractivity contribution in [1.29, 1.82) is 0 Å². The summed E-state index contributed by atoms with van der Waals surface area (Å²) in [7, 11) is -1.02. The Balaban J connectivity index is 2.53. The number of sulfonamides is 1. The van der Waals surface area contributed by atoms with Gasteiger partial charge in [0.2, 0.25) is 21.8 Å². The van der Waals surface area contributed by atoms with Gasteiger partial charge in [0, 0.05) is 18.7 Å². The lowest BCUT2D eigenvalue weighted by molar-refractivity contribution is -0.140. The molecular weight excluding hydrogens is 494 g/mol. The van der Waals surface area contributed by atoms with Crippen LogP contribution in [0.15, 0.2) is 42.5 Å². The summed E-state index contributed by atoms with van der Waals surface area (Å²) in [6, 6.07) is 11.5. The second-order valence-corrected chi connectivity index (χ2v) is 11.0. The number of nitrogens with one attached hydrogen (secondary N) is 1. The number of rotatable bonds is 13. The first-order chi connectivity index (χ1) is 17.4. The van der Waals surface area contributed by atoms with Crippen LogP contribution in [0.4, 0.5) is 5.69 Å². The summed E-state index contributed by atoms with van der Waals surface area (Å²) in [5.41, 5.74) is 2.03. The smallest absolute Gasteiger partial charge is 0.244 e. The number of anilines is 1. The van der Waals surface area contributed by atoms with Gasteiger partial charge < -0.3 is 19.7 Å². The number of hydrogen-bond acceptors (Lipinski definition) is 6. The molecule has 0 fully saturated rings. The lowest BCUT2D eigenvalue weighted by Gasteiger charge is -2.33. The van der Waals surface area contributed by atoms with Gasteiger partial charge in [-0.1, -0.05) is 43.7 Å². The highest BCUT2D eigenvalue weighted by Gasteiger charge is 2.33. The number of amides is 2. The molecule has 0 aliphatic carbocycles.